The molecule has 1 aliphatic heterocycles. The average Bonchev–Trinajstić information content (AvgIpc) is 2.63. The Hall–Kier alpha value is -2.22. The van der Waals surface area contributed by atoms with E-state index in [-0.39, 0.29) is 24.8 Å². The van der Waals surface area contributed by atoms with Crippen LogP contribution in [-0.4, -0.2) is 40.1 Å². The highest BCUT2D eigenvalue weighted by Gasteiger charge is 2.28. The molecule has 2 aromatic carbocycles. The largest absolute Gasteiger partial charge is 0.365 e. The second kappa shape index (κ2) is 8.21. The molecule has 2 aromatic rings. The molecule has 1 heterocycles. The topological polar surface area (TPSA) is 75.7 Å². The molecule has 0 radical (unpaired) electrons. The zero-order chi connectivity index (χ0) is 19.4. The highest BCUT2D eigenvalue weighted by molar-refractivity contribution is 7.88. The van der Waals surface area contributed by atoms with Gasteiger partial charge in [0.1, 0.15) is 6.61 Å². The molecule has 3 rings (SSSR count). The van der Waals surface area contributed by atoms with Gasteiger partial charge in [-0.15, -0.1) is 0 Å². The molecule has 0 saturated carbocycles. The van der Waals surface area contributed by atoms with Crippen molar-refractivity contribution in [1.82, 2.24) is 4.72 Å². The lowest BCUT2D eigenvalue weighted by atomic mass is 10.1. The molecule has 1 fully saturated rings. The summed E-state index contributed by atoms with van der Waals surface area (Å²) in [5, 5.41) is 0. The predicted molar refractivity (Wildman–Crippen MR) is 105 cm³/mol. The Morgan fingerprint density at radius 2 is 1.93 bits per heavy atom. The lowest BCUT2D eigenvalue weighted by molar-refractivity contribution is -0.129. The van der Waals surface area contributed by atoms with E-state index < -0.39 is 16.1 Å². The van der Waals surface area contributed by atoms with E-state index in [4.69, 9.17) is 4.74 Å². The Morgan fingerprint density at radius 1 is 1.15 bits per heavy atom. The van der Waals surface area contributed by atoms with Crippen molar-refractivity contribution in [1.29, 1.82) is 0 Å². The molecule has 1 N–H and O–H groups in total. The Labute approximate surface area is 160 Å². The summed E-state index contributed by atoms with van der Waals surface area (Å²) in [5.74, 6) is -0.202. The van der Waals surface area contributed by atoms with Crippen LogP contribution < -0.4 is 9.62 Å². The lowest BCUT2D eigenvalue weighted by Gasteiger charge is -2.33. The number of amides is 1. The Bertz CT molecular complexity index is 927. The molecule has 1 atom stereocenters. The van der Waals surface area contributed by atoms with Crippen LogP contribution in [0, 0.1) is 13.8 Å². The Balaban J connectivity index is 1.62. The molecule has 7 heteroatoms. The maximum Gasteiger partial charge on any atom is 0.253 e. The van der Waals surface area contributed by atoms with Gasteiger partial charge in [0.25, 0.3) is 5.91 Å². The number of nitrogens with one attached hydrogen (secondary N) is 1. The van der Waals surface area contributed by atoms with E-state index in [0.29, 0.717) is 6.54 Å². The number of carbonyl (C=O) groups excluding carboxylic acids is 1. The minimum absolute atomic E-state index is 0.0574. The number of nitrogens with zero attached hydrogens (tertiary/aromatic N) is 1. The summed E-state index contributed by atoms with van der Waals surface area (Å²) >= 11 is 0. The van der Waals surface area contributed by atoms with Gasteiger partial charge in [-0.1, -0.05) is 36.4 Å². The van der Waals surface area contributed by atoms with E-state index in [1.54, 1.807) is 4.90 Å². The van der Waals surface area contributed by atoms with E-state index in [1.165, 1.54) is 0 Å². The molecule has 1 amide bonds. The molecular formula is C20H24N2O4S. The van der Waals surface area contributed by atoms with Gasteiger partial charge in [-0.2, -0.15) is 0 Å². The first-order chi connectivity index (χ1) is 12.8. The van der Waals surface area contributed by atoms with Crippen LogP contribution in [0.3, 0.4) is 0 Å². The molecule has 0 aliphatic carbocycles. The van der Waals surface area contributed by atoms with Gasteiger partial charge in [-0.05, 0) is 42.7 Å². The number of hydrogen-bond acceptors (Lipinski definition) is 4. The van der Waals surface area contributed by atoms with Crippen LogP contribution in [0.25, 0.3) is 0 Å². The number of rotatable bonds is 6. The second-order valence-electron chi connectivity index (χ2n) is 6.81. The highest BCUT2D eigenvalue weighted by atomic mass is 32.2. The summed E-state index contributed by atoms with van der Waals surface area (Å²) in [6.45, 7) is 4.24. The number of ether oxygens (including phenoxy) is 1. The van der Waals surface area contributed by atoms with Gasteiger partial charge in [0.15, 0.2) is 0 Å². The third-order valence-corrected chi connectivity index (χ3v) is 5.88. The third kappa shape index (κ3) is 5.15. The van der Waals surface area contributed by atoms with Crippen LogP contribution in [0.5, 0.6) is 0 Å². The maximum absolute atomic E-state index is 12.4. The SMILES string of the molecule is Cc1cccc(N2CC(CNS(=O)(=O)Cc3ccccc3C)OCC2=O)c1. The number of hydrogen-bond donors (Lipinski definition) is 1. The Kier molecular flexibility index (Phi) is 5.94. The van der Waals surface area contributed by atoms with Gasteiger partial charge >= 0.3 is 0 Å². The predicted octanol–water partition coefficient (Wildman–Crippen LogP) is 2.15. The van der Waals surface area contributed by atoms with Gasteiger partial charge in [0.05, 0.1) is 18.4 Å². The molecule has 1 aliphatic rings. The summed E-state index contributed by atoms with van der Waals surface area (Å²) in [6, 6.07) is 15.1. The van der Waals surface area contributed by atoms with E-state index in [9.17, 15) is 13.2 Å². The van der Waals surface area contributed by atoms with E-state index >= 15 is 0 Å². The smallest absolute Gasteiger partial charge is 0.253 e. The van der Waals surface area contributed by atoms with Crippen molar-refractivity contribution in [3.05, 3.63) is 65.2 Å². The standard InChI is InChI=1S/C20H24N2O4S/c1-15-6-5-9-18(10-15)22-12-19(26-13-20(22)23)11-21-27(24,25)14-17-8-4-3-7-16(17)2/h3-10,19,21H,11-14H2,1-2H3. The quantitative estimate of drug-likeness (QED) is 0.823. The zero-order valence-electron chi connectivity index (χ0n) is 15.5. The van der Waals surface area contributed by atoms with E-state index in [2.05, 4.69) is 4.72 Å². The van der Waals surface area contributed by atoms with Crippen molar-refractivity contribution in [2.45, 2.75) is 25.7 Å². The van der Waals surface area contributed by atoms with Gasteiger partial charge in [0.2, 0.25) is 10.0 Å². The van der Waals surface area contributed by atoms with E-state index in [0.717, 1.165) is 22.4 Å². The summed E-state index contributed by atoms with van der Waals surface area (Å²) in [4.78, 5) is 13.8. The van der Waals surface area contributed by atoms with Crippen LogP contribution in [0.1, 0.15) is 16.7 Å². The van der Waals surface area contributed by atoms with Crippen molar-refractivity contribution >= 4 is 21.6 Å². The van der Waals surface area contributed by atoms with Crippen LogP contribution in [-0.2, 0) is 25.3 Å². The summed E-state index contributed by atoms with van der Waals surface area (Å²) < 4.78 is 33.0. The molecule has 6 nitrogen and oxygen atoms in total. The van der Waals surface area contributed by atoms with Gasteiger partial charge < -0.3 is 9.64 Å². The molecular weight excluding hydrogens is 364 g/mol. The fraction of sp³-hybridized carbons (Fsp3) is 0.350. The lowest BCUT2D eigenvalue weighted by Crippen LogP contribution is -2.50. The van der Waals surface area contributed by atoms with Crippen LogP contribution >= 0.6 is 0 Å². The van der Waals surface area contributed by atoms with Crippen molar-refractivity contribution in [3.63, 3.8) is 0 Å². The molecule has 0 bridgehead atoms. The number of carbonyl (C=O) groups is 1. The molecule has 0 spiro atoms. The monoisotopic (exact) mass is 388 g/mol. The third-order valence-electron chi connectivity index (χ3n) is 4.58. The van der Waals surface area contributed by atoms with Crippen molar-refractivity contribution in [2.24, 2.45) is 0 Å². The normalized spacial score (nSPS) is 17.9. The molecule has 0 aromatic heterocycles. The van der Waals surface area contributed by atoms with Gasteiger partial charge in [-0.25, -0.2) is 13.1 Å². The number of morpholine rings is 1. The fourth-order valence-corrected chi connectivity index (χ4v) is 4.32. The summed E-state index contributed by atoms with van der Waals surface area (Å²) in [6.07, 6.45) is -0.394. The van der Waals surface area contributed by atoms with Crippen LogP contribution in [0.15, 0.2) is 48.5 Å². The number of benzene rings is 2. The average molecular weight is 388 g/mol. The molecule has 1 saturated heterocycles. The first-order valence-electron chi connectivity index (χ1n) is 8.84. The highest BCUT2D eigenvalue weighted by Crippen LogP contribution is 2.20. The fourth-order valence-electron chi connectivity index (χ4n) is 3.04. The van der Waals surface area contributed by atoms with Gasteiger partial charge in [0, 0.05) is 12.2 Å². The minimum Gasteiger partial charge on any atom is -0.365 e. The van der Waals surface area contributed by atoms with Crippen molar-refractivity contribution in [3.8, 4) is 0 Å². The molecule has 144 valence electrons. The van der Waals surface area contributed by atoms with Crippen LogP contribution in [0.4, 0.5) is 5.69 Å². The summed E-state index contributed by atoms with van der Waals surface area (Å²) in [5.41, 5.74) is 3.57. The number of anilines is 1. The zero-order valence-corrected chi connectivity index (χ0v) is 16.3. The van der Waals surface area contributed by atoms with Crippen molar-refractivity contribution in [2.75, 3.05) is 24.6 Å². The Morgan fingerprint density at radius 3 is 2.67 bits per heavy atom. The van der Waals surface area contributed by atoms with Gasteiger partial charge in [-0.3, -0.25) is 4.79 Å². The molecule has 27 heavy (non-hydrogen) atoms. The minimum atomic E-state index is -3.49. The first-order valence-corrected chi connectivity index (χ1v) is 10.5. The maximum atomic E-state index is 12.4. The van der Waals surface area contributed by atoms with E-state index in [1.807, 2.05) is 62.4 Å². The molecule has 1 unspecified atom stereocenters. The number of aryl methyl sites for hydroxylation is 2. The second-order valence-corrected chi connectivity index (χ2v) is 8.62. The van der Waals surface area contributed by atoms with Crippen molar-refractivity contribution < 1.29 is 17.9 Å². The first kappa shape index (κ1) is 19.5. The summed E-state index contributed by atoms with van der Waals surface area (Å²) in [7, 11) is -3.49. The number of sulfonamides is 1. The van der Waals surface area contributed by atoms with Crippen LogP contribution in [0.2, 0.25) is 0 Å².